The Hall–Kier alpha value is -0.410. The molecule has 1 rings (SSSR count). The van der Waals surface area contributed by atoms with Crippen LogP contribution in [0.4, 0.5) is 4.39 Å². The fourth-order valence-electron chi connectivity index (χ4n) is 1.30. The van der Waals surface area contributed by atoms with Crippen LogP contribution in [0, 0.1) is 11.7 Å². The molecule has 78 valence electrons. The molecule has 0 fully saturated rings. The van der Waals surface area contributed by atoms with E-state index in [0.717, 1.165) is 12.0 Å². The molecule has 0 spiro atoms. The van der Waals surface area contributed by atoms with Gasteiger partial charge in [0.2, 0.25) is 0 Å². The summed E-state index contributed by atoms with van der Waals surface area (Å²) in [4.78, 5) is 0. The second-order valence-corrected chi connectivity index (χ2v) is 4.44. The van der Waals surface area contributed by atoms with E-state index < -0.39 is 0 Å². The standard InChI is InChI=1S/C11H15BrFN/c1-3-7(2)11(14)8-4-5-9(12)10(13)6-8/h4-7,11H,3,14H2,1-2H3. The van der Waals surface area contributed by atoms with E-state index in [1.54, 1.807) is 6.07 Å². The summed E-state index contributed by atoms with van der Waals surface area (Å²) >= 11 is 3.12. The number of benzene rings is 1. The van der Waals surface area contributed by atoms with Crippen LogP contribution in [0.2, 0.25) is 0 Å². The normalized spacial score (nSPS) is 15.2. The molecule has 2 unspecified atom stereocenters. The topological polar surface area (TPSA) is 26.0 Å². The van der Waals surface area contributed by atoms with Crippen LogP contribution < -0.4 is 5.73 Å². The van der Waals surface area contributed by atoms with E-state index in [0.29, 0.717) is 10.4 Å². The largest absolute Gasteiger partial charge is 0.324 e. The third-order valence-corrected chi connectivity index (χ3v) is 3.23. The van der Waals surface area contributed by atoms with Gasteiger partial charge in [0.1, 0.15) is 5.82 Å². The fraction of sp³-hybridized carbons (Fsp3) is 0.455. The van der Waals surface area contributed by atoms with Crippen LogP contribution in [0.5, 0.6) is 0 Å². The van der Waals surface area contributed by atoms with Gasteiger partial charge in [-0.05, 0) is 39.5 Å². The molecule has 0 saturated heterocycles. The minimum Gasteiger partial charge on any atom is -0.324 e. The highest BCUT2D eigenvalue weighted by Crippen LogP contribution is 2.25. The molecular formula is C11H15BrFN. The summed E-state index contributed by atoms with van der Waals surface area (Å²) in [6.45, 7) is 4.16. The summed E-state index contributed by atoms with van der Waals surface area (Å²) in [7, 11) is 0. The summed E-state index contributed by atoms with van der Waals surface area (Å²) < 4.78 is 13.7. The Bertz CT molecular complexity index is 314. The molecule has 14 heavy (non-hydrogen) atoms. The first kappa shape index (κ1) is 11.7. The van der Waals surface area contributed by atoms with Crippen molar-refractivity contribution in [1.29, 1.82) is 0 Å². The van der Waals surface area contributed by atoms with Gasteiger partial charge >= 0.3 is 0 Å². The van der Waals surface area contributed by atoms with Crippen molar-refractivity contribution in [3.8, 4) is 0 Å². The lowest BCUT2D eigenvalue weighted by Crippen LogP contribution is -2.18. The number of nitrogens with two attached hydrogens (primary N) is 1. The van der Waals surface area contributed by atoms with Crippen molar-refractivity contribution in [2.24, 2.45) is 11.7 Å². The minimum atomic E-state index is -0.249. The Labute approximate surface area is 92.6 Å². The van der Waals surface area contributed by atoms with E-state index in [2.05, 4.69) is 29.8 Å². The predicted octanol–water partition coefficient (Wildman–Crippen LogP) is 3.63. The van der Waals surface area contributed by atoms with Gasteiger partial charge in [-0.3, -0.25) is 0 Å². The summed E-state index contributed by atoms with van der Waals surface area (Å²) in [5.41, 5.74) is 6.85. The Kier molecular flexibility index (Phi) is 4.08. The molecule has 1 nitrogen and oxygen atoms in total. The van der Waals surface area contributed by atoms with Gasteiger partial charge in [0, 0.05) is 6.04 Å². The van der Waals surface area contributed by atoms with Gasteiger partial charge in [0.25, 0.3) is 0 Å². The van der Waals surface area contributed by atoms with Gasteiger partial charge in [-0.25, -0.2) is 4.39 Å². The van der Waals surface area contributed by atoms with Gasteiger partial charge in [0.05, 0.1) is 4.47 Å². The first-order chi connectivity index (χ1) is 6.56. The zero-order valence-corrected chi connectivity index (χ0v) is 10.0. The smallest absolute Gasteiger partial charge is 0.137 e. The lowest BCUT2D eigenvalue weighted by Gasteiger charge is -2.18. The van der Waals surface area contributed by atoms with E-state index in [1.807, 2.05) is 6.07 Å². The molecule has 0 radical (unpaired) electrons. The Morgan fingerprint density at radius 2 is 2.14 bits per heavy atom. The van der Waals surface area contributed by atoms with Crippen LogP contribution >= 0.6 is 15.9 Å². The van der Waals surface area contributed by atoms with Gasteiger partial charge in [-0.15, -0.1) is 0 Å². The average molecular weight is 260 g/mol. The zero-order chi connectivity index (χ0) is 10.7. The van der Waals surface area contributed by atoms with Crippen LogP contribution in [0.1, 0.15) is 31.9 Å². The van der Waals surface area contributed by atoms with Crippen molar-refractivity contribution >= 4 is 15.9 Å². The van der Waals surface area contributed by atoms with Crippen LogP contribution in [-0.4, -0.2) is 0 Å². The molecule has 0 amide bonds. The quantitative estimate of drug-likeness (QED) is 0.882. The van der Waals surface area contributed by atoms with Crippen molar-refractivity contribution < 1.29 is 4.39 Å². The highest BCUT2D eigenvalue weighted by molar-refractivity contribution is 9.10. The SMILES string of the molecule is CCC(C)C(N)c1ccc(Br)c(F)c1. The predicted molar refractivity (Wildman–Crippen MR) is 60.5 cm³/mol. The maximum Gasteiger partial charge on any atom is 0.137 e. The Balaban J connectivity index is 2.91. The van der Waals surface area contributed by atoms with Crippen molar-refractivity contribution in [2.45, 2.75) is 26.3 Å². The van der Waals surface area contributed by atoms with Crippen molar-refractivity contribution in [2.75, 3.05) is 0 Å². The number of hydrogen-bond acceptors (Lipinski definition) is 1. The third kappa shape index (κ3) is 2.55. The van der Waals surface area contributed by atoms with E-state index >= 15 is 0 Å². The highest BCUT2D eigenvalue weighted by atomic mass is 79.9. The molecule has 0 aliphatic carbocycles. The van der Waals surface area contributed by atoms with Crippen LogP contribution in [0.3, 0.4) is 0 Å². The monoisotopic (exact) mass is 259 g/mol. The highest BCUT2D eigenvalue weighted by Gasteiger charge is 2.14. The molecule has 3 heteroatoms. The number of hydrogen-bond donors (Lipinski definition) is 1. The van der Waals surface area contributed by atoms with Crippen LogP contribution in [-0.2, 0) is 0 Å². The molecule has 1 aromatic rings. The lowest BCUT2D eigenvalue weighted by atomic mass is 9.93. The van der Waals surface area contributed by atoms with E-state index in [4.69, 9.17) is 5.73 Å². The summed E-state index contributed by atoms with van der Waals surface area (Å²) in [6.07, 6.45) is 0.999. The summed E-state index contributed by atoms with van der Waals surface area (Å²) in [6, 6.07) is 4.99. The molecule has 1 aromatic carbocycles. The molecule has 0 aromatic heterocycles. The second kappa shape index (κ2) is 4.89. The van der Waals surface area contributed by atoms with Gasteiger partial charge in [0.15, 0.2) is 0 Å². The van der Waals surface area contributed by atoms with E-state index in [9.17, 15) is 4.39 Å². The molecule has 0 aliphatic heterocycles. The van der Waals surface area contributed by atoms with E-state index in [1.165, 1.54) is 6.07 Å². The van der Waals surface area contributed by atoms with Gasteiger partial charge in [-0.1, -0.05) is 26.3 Å². The molecule has 0 saturated carbocycles. The maximum absolute atomic E-state index is 13.2. The van der Waals surface area contributed by atoms with Gasteiger partial charge < -0.3 is 5.73 Å². The van der Waals surface area contributed by atoms with E-state index in [-0.39, 0.29) is 11.9 Å². The molecule has 0 bridgehead atoms. The fourth-order valence-corrected chi connectivity index (χ4v) is 1.55. The molecule has 0 aliphatic rings. The zero-order valence-electron chi connectivity index (χ0n) is 8.43. The minimum absolute atomic E-state index is 0.0809. The Morgan fingerprint density at radius 1 is 1.50 bits per heavy atom. The first-order valence-electron chi connectivity index (χ1n) is 4.76. The first-order valence-corrected chi connectivity index (χ1v) is 5.56. The summed E-state index contributed by atoms with van der Waals surface area (Å²) in [5.74, 6) is 0.122. The molecule has 0 heterocycles. The number of rotatable bonds is 3. The molecule has 2 N–H and O–H groups in total. The Morgan fingerprint density at radius 3 is 2.64 bits per heavy atom. The average Bonchev–Trinajstić information content (AvgIpc) is 2.20. The van der Waals surface area contributed by atoms with Crippen LogP contribution in [0.15, 0.2) is 22.7 Å². The molecular weight excluding hydrogens is 245 g/mol. The third-order valence-electron chi connectivity index (χ3n) is 2.59. The maximum atomic E-state index is 13.2. The van der Waals surface area contributed by atoms with Crippen molar-refractivity contribution in [3.05, 3.63) is 34.1 Å². The lowest BCUT2D eigenvalue weighted by molar-refractivity contribution is 0.454. The molecule has 2 atom stereocenters. The number of halogens is 2. The van der Waals surface area contributed by atoms with Gasteiger partial charge in [-0.2, -0.15) is 0 Å². The second-order valence-electron chi connectivity index (χ2n) is 3.58. The van der Waals surface area contributed by atoms with Crippen molar-refractivity contribution in [1.82, 2.24) is 0 Å². The summed E-state index contributed by atoms with van der Waals surface area (Å²) in [5, 5.41) is 0. The van der Waals surface area contributed by atoms with Crippen LogP contribution in [0.25, 0.3) is 0 Å². The van der Waals surface area contributed by atoms with Crippen molar-refractivity contribution in [3.63, 3.8) is 0 Å².